The molecular weight excluding hydrogens is 1650 g/mol. The molecule has 5 saturated heterocycles. The molecule has 0 bridgehead atoms. The molecule has 30 atom stereocenters. The second kappa shape index (κ2) is 49.4. The van der Waals surface area contributed by atoms with Gasteiger partial charge in [0, 0.05) is 51.3 Å². The fourth-order valence-electron chi connectivity index (χ4n) is 13.4. The lowest BCUT2D eigenvalue weighted by molar-refractivity contribution is -0.386. The third-order valence-electron chi connectivity index (χ3n) is 20.3. The van der Waals surface area contributed by atoms with E-state index in [1.165, 1.54) is 31.6 Å². The van der Waals surface area contributed by atoms with Crippen LogP contribution in [0.15, 0.2) is 6.20 Å². The normalized spacial score (nSPS) is 32.3. The SMILES string of the molecule is CCC(=O)N[C@H]1C([C@H](O)[C@H](O)CO)O[C@@](O[C@@H]2C(O)[C@H](O[C@@H]3C(CO)OC(OCCn4cc(CCC(=O)NCCO[C@H]5OC(CO[C@@H]6OC(CO)[C@@H](OP(=O)(O)O)[C@H](OC(=O)C[C@@H](CC)OC(=O)CC)C6NC(=O)C[C@@H](CC)OC(=O)CC)[C@@H](O)[C@H](OC(=O)C[C@H](O)CC)C5NC(=O)C[C@H](O)CC)nn4)[C@@H](O)[C@H]3O)OC(CO)[C@@H]2O)(C(=O)O)C[C@H]1O. The Morgan fingerprint density at radius 2 is 1.10 bits per heavy atom. The number of carboxylic acids is 1. The van der Waals surface area contributed by atoms with Crippen molar-refractivity contribution in [2.45, 2.75) is 328 Å². The number of carbonyl (C=O) groups is 9. The maximum absolute atomic E-state index is 14.1. The fraction of sp³-hybridized carbons (Fsp3) is 0.845. The Hall–Kier alpha value is -6.48. The number of rotatable bonds is 49. The van der Waals surface area contributed by atoms with Gasteiger partial charge in [-0.05, 0) is 25.7 Å². The summed E-state index contributed by atoms with van der Waals surface area (Å²) in [4.78, 5) is 139. The highest BCUT2D eigenvalue weighted by molar-refractivity contribution is 7.46. The van der Waals surface area contributed by atoms with Gasteiger partial charge in [-0.3, -0.25) is 42.9 Å². The zero-order valence-electron chi connectivity index (χ0n) is 67.7. The van der Waals surface area contributed by atoms with Gasteiger partial charge in [0.05, 0.1) is 109 Å². The summed E-state index contributed by atoms with van der Waals surface area (Å²) >= 11 is 0. The number of ether oxygens (including phenoxy) is 14. The highest BCUT2D eigenvalue weighted by Crippen LogP contribution is 2.44. The van der Waals surface area contributed by atoms with Crippen molar-refractivity contribution in [2.24, 2.45) is 0 Å². The maximum atomic E-state index is 14.1. The summed E-state index contributed by atoms with van der Waals surface area (Å²) in [5.41, 5.74) is 0.253. The summed E-state index contributed by atoms with van der Waals surface area (Å²) in [6, 6.07) is -5.24. The molecule has 5 aliphatic rings. The van der Waals surface area contributed by atoms with Crippen LogP contribution >= 0.6 is 7.82 Å². The third-order valence-corrected chi connectivity index (χ3v) is 20.8. The average Bonchev–Trinajstić information content (AvgIpc) is 1.24. The van der Waals surface area contributed by atoms with Gasteiger partial charge >= 0.3 is 37.7 Å². The van der Waals surface area contributed by atoms with Gasteiger partial charge in [-0.25, -0.2) is 14.0 Å². The first-order valence-corrected chi connectivity index (χ1v) is 41.3. The van der Waals surface area contributed by atoms with Gasteiger partial charge in [0.15, 0.2) is 37.4 Å². The molecule has 4 amide bonds. The molecule has 121 heavy (non-hydrogen) atoms. The van der Waals surface area contributed by atoms with Gasteiger partial charge in [0.2, 0.25) is 23.6 Å². The number of nitrogens with one attached hydrogen (secondary N) is 4. The Morgan fingerprint density at radius 1 is 0.562 bits per heavy atom. The number of nitrogens with zero attached hydrogens (tertiary/aromatic N) is 3. The zero-order chi connectivity index (χ0) is 89.9. The van der Waals surface area contributed by atoms with Crippen molar-refractivity contribution >= 4 is 61.3 Å². The zero-order valence-corrected chi connectivity index (χ0v) is 68.6. The van der Waals surface area contributed by atoms with E-state index in [1.54, 1.807) is 27.7 Å². The van der Waals surface area contributed by atoms with Gasteiger partial charge in [0.25, 0.3) is 5.79 Å². The van der Waals surface area contributed by atoms with Crippen LogP contribution in [0.2, 0.25) is 0 Å². The highest BCUT2D eigenvalue weighted by atomic mass is 31.2. The first kappa shape index (κ1) is 103. The van der Waals surface area contributed by atoms with Crippen molar-refractivity contribution in [3.8, 4) is 0 Å². The lowest BCUT2D eigenvalue weighted by Gasteiger charge is -2.50. The lowest BCUT2D eigenvalue weighted by atomic mass is 9.88. The second-order valence-corrected chi connectivity index (χ2v) is 30.4. The number of amides is 4. The number of phosphoric ester groups is 1. The number of carboxylic acid groups (broad SMARTS) is 1. The fourth-order valence-corrected chi connectivity index (χ4v) is 13.9. The van der Waals surface area contributed by atoms with Gasteiger partial charge < -0.3 is 174 Å². The molecule has 0 radical (unpaired) electrons. The molecule has 50 heteroatoms. The number of aliphatic hydroxyl groups is 14. The van der Waals surface area contributed by atoms with Crippen LogP contribution in [0.25, 0.3) is 0 Å². The number of aliphatic hydroxyl groups excluding tert-OH is 14. The number of hydrogen-bond acceptors (Lipinski definition) is 41. The van der Waals surface area contributed by atoms with E-state index < -0.39 is 316 Å². The van der Waals surface area contributed by atoms with Gasteiger partial charge in [-0.1, -0.05) is 53.7 Å². The van der Waals surface area contributed by atoms with E-state index >= 15 is 0 Å². The van der Waals surface area contributed by atoms with Crippen LogP contribution in [-0.4, -0.2) is 391 Å². The molecule has 1 aromatic rings. The van der Waals surface area contributed by atoms with Gasteiger partial charge in [-0.2, -0.15) is 0 Å². The number of esters is 4. The maximum Gasteiger partial charge on any atom is 0.470 e. The van der Waals surface area contributed by atoms with Gasteiger partial charge in [0.1, 0.15) is 116 Å². The molecule has 694 valence electrons. The molecule has 5 fully saturated rings. The smallest absolute Gasteiger partial charge is 0.470 e. The van der Waals surface area contributed by atoms with Crippen LogP contribution in [0.3, 0.4) is 0 Å². The third kappa shape index (κ3) is 29.8. The summed E-state index contributed by atoms with van der Waals surface area (Å²) in [6.45, 7) is 4.12. The Balaban J connectivity index is 1.13. The van der Waals surface area contributed by atoms with Crippen LogP contribution in [0.5, 0.6) is 0 Å². The Bertz CT molecular complexity index is 3480. The number of phosphoric acid groups is 1. The summed E-state index contributed by atoms with van der Waals surface area (Å²) < 4.78 is 100.0. The van der Waals surface area contributed by atoms with Crippen LogP contribution < -0.4 is 21.3 Å². The Kier molecular flexibility index (Phi) is 42.2. The van der Waals surface area contributed by atoms with E-state index in [0.29, 0.717) is 0 Å². The van der Waals surface area contributed by atoms with Crippen LogP contribution in [0, 0.1) is 0 Å². The summed E-state index contributed by atoms with van der Waals surface area (Å²) in [6.07, 6.45) is -51.1. The van der Waals surface area contributed by atoms with E-state index in [2.05, 4.69) is 31.6 Å². The number of carbonyl (C=O) groups excluding carboxylic acids is 8. The van der Waals surface area contributed by atoms with E-state index in [1.807, 2.05) is 0 Å². The standard InChI is InChI=1S/C71H118N7O42P/c1-8-33(83)21-45(89)74-52-62(115-49(93)22-34(84)9-2)56(97)42(31-108-67-53(75-46(90)23-35(10-3)109-47(91)13-6)64(61(41(30-82)112-67)120-121(103,104)105)116-50(94)24-36(11-4)110-48(92)14-7)114-66(52)106-19-17-72-44(88)16-15-32-26-78(77-76-32)18-20-107-68-58(99)57(98)60(40(29-81)113-68)117-69-59(100)65(55(96)39(28-80)111-69)119-71(70(101)102)25-37(85)51(73-43(87)12-5)63(118-71)54(95)38(86)27-79/h26,33-42,51-69,79-86,95-100H,8-25,27-31H2,1-7H3,(H,72,88)(H,73,87)(H,74,89)(H,75,90)(H,101,102)(H2,103,104,105)/t33-,34-,35-,36-,37-,38-,39?,40?,41?,42?,51-,52?,53?,54-,55+,56-,57-,58+,59?,60-,61-,62-,63?,64-,65+,66+,67-,68?,69+,71+/m1/s1. The summed E-state index contributed by atoms with van der Waals surface area (Å²) in [5.74, 6) is -12.1. The minimum absolute atomic E-state index is 0.0480. The van der Waals surface area contributed by atoms with E-state index in [0.717, 1.165) is 0 Å². The van der Waals surface area contributed by atoms with E-state index in [9.17, 15) is 134 Å². The molecule has 21 N–H and O–H groups in total. The lowest BCUT2D eigenvalue weighted by Crippen LogP contribution is -2.71. The topological polar surface area (TPSA) is 732 Å². The van der Waals surface area contributed by atoms with Gasteiger partial charge in [-0.15, -0.1) is 5.10 Å². The molecule has 1 aromatic heterocycles. The molecule has 0 aliphatic carbocycles. The molecule has 6 heterocycles. The molecule has 49 nitrogen and oxygen atoms in total. The first-order valence-electron chi connectivity index (χ1n) is 39.8. The Labute approximate surface area is 693 Å². The van der Waals surface area contributed by atoms with Crippen molar-refractivity contribution in [3.63, 3.8) is 0 Å². The summed E-state index contributed by atoms with van der Waals surface area (Å²) in [7, 11) is -5.65. The predicted molar refractivity (Wildman–Crippen MR) is 395 cm³/mol. The van der Waals surface area contributed by atoms with E-state index in [4.69, 9.17) is 70.8 Å². The molecule has 0 spiro atoms. The first-order chi connectivity index (χ1) is 57.3. The predicted octanol–water partition coefficient (Wildman–Crippen LogP) is -8.80. The Morgan fingerprint density at radius 3 is 1.69 bits per heavy atom. The second-order valence-electron chi connectivity index (χ2n) is 29.2. The quantitative estimate of drug-likeness (QED) is 0.0125. The molecule has 0 aromatic carbocycles. The molecule has 0 saturated carbocycles. The van der Waals surface area contributed by atoms with Crippen LogP contribution in [0.1, 0.15) is 138 Å². The summed E-state index contributed by atoms with van der Waals surface area (Å²) in [5, 5.41) is 181. The molecule has 9 unspecified atom stereocenters. The number of hydrogen-bond donors (Lipinski definition) is 21. The molecule has 5 aliphatic heterocycles. The van der Waals surface area contributed by atoms with E-state index in [-0.39, 0.29) is 83.2 Å². The van der Waals surface area contributed by atoms with Crippen molar-refractivity contribution in [2.75, 3.05) is 52.8 Å². The molecule has 6 rings (SSSR count). The minimum atomic E-state index is -5.65. The monoisotopic (exact) mass is 1770 g/mol. The minimum Gasteiger partial charge on any atom is -0.477 e. The van der Waals surface area contributed by atoms with Crippen molar-refractivity contribution in [1.82, 2.24) is 36.3 Å². The van der Waals surface area contributed by atoms with Crippen molar-refractivity contribution < 1.29 is 205 Å². The van der Waals surface area contributed by atoms with Crippen molar-refractivity contribution in [3.05, 3.63) is 11.9 Å². The largest absolute Gasteiger partial charge is 0.477 e. The molecular formula is C71H118N7O42P. The van der Waals surface area contributed by atoms with Crippen molar-refractivity contribution in [1.29, 1.82) is 0 Å². The number of aliphatic carboxylic acids is 1. The highest BCUT2D eigenvalue weighted by Gasteiger charge is 2.61. The average molecular weight is 1770 g/mol. The number of aryl methyl sites for hydroxylation is 1. The van der Waals surface area contributed by atoms with Crippen LogP contribution in [0.4, 0.5) is 0 Å². The van der Waals surface area contributed by atoms with Crippen LogP contribution in [-0.2, 0) is 132 Å². The number of aromatic nitrogens is 3.